The Balaban J connectivity index is 1.47. The predicted octanol–water partition coefficient (Wildman–Crippen LogP) is 3.04. The molecule has 8 nitrogen and oxygen atoms in total. The molecule has 0 saturated carbocycles. The lowest BCUT2D eigenvalue weighted by molar-refractivity contribution is -0.144. The minimum absolute atomic E-state index is 0.0415. The van der Waals surface area contributed by atoms with Crippen LogP contribution < -0.4 is 4.74 Å². The largest absolute Gasteiger partial charge is 0.437 e. The Labute approximate surface area is 189 Å². The molecule has 2 aliphatic heterocycles. The topological polar surface area (TPSA) is 92.7 Å². The molecule has 2 saturated heterocycles. The number of carbonyl (C=O) groups excluding carboxylic acids is 1. The number of ether oxygens (including phenoxy) is 1. The molecule has 1 aromatic heterocycles. The molecule has 0 unspecified atom stereocenters. The van der Waals surface area contributed by atoms with Crippen molar-refractivity contribution in [3.8, 4) is 11.6 Å². The number of piperidine rings is 2. The van der Waals surface area contributed by atoms with Crippen molar-refractivity contribution in [3.63, 3.8) is 0 Å². The van der Waals surface area contributed by atoms with Gasteiger partial charge in [-0.05, 0) is 37.8 Å². The molecule has 2 aliphatic rings. The van der Waals surface area contributed by atoms with Crippen molar-refractivity contribution in [2.75, 3.05) is 32.4 Å². The number of para-hydroxylation sites is 1. The van der Waals surface area contributed by atoms with Crippen LogP contribution in [0.3, 0.4) is 0 Å². The Kier molecular flexibility index (Phi) is 6.48. The van der Waals surface area contributed by atoms with E-state index in [-0.39, 0.29) is 11.8 Å². The van der Waals surface area contributed by atoms with E-state index in [2.05, 4.69) is 9.97 Å². The van der Waals surface area contributed by atoms with E-state index in [9.17, 15) is 13.2 Å². The molecule has 1 atom stereocenters. The SMILES string of the molecule is CC1(C(=O)N2CCC[C@H](c3nccnc3Oc3ccccc3)C2)CCN(S(C)(=O)=O)CC1. The van der Waals surface area contributed by atoms with E-state index in [1.807, 2.05) is 42.2 Å². The van der Waals surface area contributed by atoms with E-state index in [0.717, 1.165) is 18.5 Å². The number of amides is 1. The number of rotatable bonds is 5. The van der Waals surface area contributed by atoms with Crippen molar-refractivity contribution in [1.29, 1.82) is 0 Å². The fourth-order valence-corrected chi connectivity index (χ4v) is 5.43. The average Bonchev–Trinajstić information content (AvgIpc) is 2.79. The van der Waals surface area contributed by atoms with Crippen molar-refractivity contribution >= 4 is 15.9 Å². The first kappa shape index (κ1) is 22.7. The number of sulfonamides is 1. The van der Waals surface area contributed by atoms with E-state index in [0.29, 0.717) is 50.7 Å². The highest BCUT2D eigenvalue weighted by atomic mass is 32.2. The number of carbonyl (C=O) groups is 1. The van der Waals surface area contributed by atoms with Gasteiger partial charge in [0.25, 0.3) is 0 Å². The summed E-state index contributed by atoms with van der Waals surface area (Å²) < 4.78 is 31.1. The van der Waals surface area contributed by atoms with Gasteiger partial charge in [0, 0.05) is 49.9 Å². The molecule has 2 fully saturated rings. The van der Waals surface area contributed by atoms with Crippen molar-refractivity contribution in [1.82, 2.24) is 19.2 Å². The van der Waals surface area contributed by atoms with Gasteiger partial charge >= 0.3 is 0 Å². The summed E-state index contributed by atoms with van der Waals surface area (Å²) in [7, 11) is -3.22. The molecular formula is C23H30N4O4S. The molecule has 0 radical (unpaired) electrons. The Bertz CT molecular complexity index is 1050. The first-order valence-corrected chi connectivity index (χ1v) is 12.9. The van der Waals surface area contributed by atoms with Gasteiger partial charge in [0.2, 0.25) is 21.8 Å². The summed E-state index contributed by atoms with van der Waals surface area (Å²) in [6.07, 6.45) is 7.36. The van der Waals surface area contributed by atoms with Gasteiger partial charge in [0.15, 0.2) is 0 Å². The van der Waals surface area contributed by atoms with Crippen LogP contribution in [0.15, 0.2) is 42.7 Å². The molecule has 2 aromatic rings. The lowest BCUT2D eigenvalue weighted by atomic mass is 9.79. The van der Waals surface area contributed by atoms with E-state index in [1.54, 1.807) is 12.4 Å². The van der Waals surface area contributed by atoms with Crippen LogP contribution in [0.1, 0.15) is 44.2 Å². The minimum Gasteiger partial charge on any atom is -0.437 e. The van der Waals surface area contributed by atoms with E-state index in [1.165, 1.54) is 10.6 Å². The number of aromatic nitrogens is 2. The molecule has 9 heteroatoms. The normalized spacial score (nSPS) is 21.8. The van der Waals surface area contributed by atoms with Crippen LogP contribution in [0.4, 0.5) is 0 Å². The molecule has 4 rings (SSSR count). The van der Waals surface area contributed by atoms with Crippen LogP contribution in [0.25, 0.3) is 0 Å². The van der Waals surface area contributed by atoms with Gasteiger partial charge in [-0.25, -0.2) is 17.7 Å². The molecule has 0 N–H and O–H groups in total. The van der Waals surface area contributed by atoms with Crippen molar-refractivity contribution in [3.05, 3.63) is 48.4 Å². The Morgan fingerprint density at radius 3 is 2.47 bits per heavy atom. The third-order valence-electron chi connectivity index (χ3n) is 6.56. The van der Waals surface area contributed by atoms with Crippen molar-refractivity contribution in [2.45, 2.75) is 38.5 Å². The number of hydrogen-bond donors (Lipinski definition) is 0. The molecule has 0 spiro atoms. The van der Waals surface area contributed by atoms with Crippen LogP contribution in [0.2, 0.25) is 0 Å². The number of hydrogen-bond acceptors (Lipinski definition) is 6. The van der Waals surface area contributed by atoms with Crippen LogP contribution >= 0.6 is 0 Å². The van der Waals surface area contributed by atoms with Crippen molar-refractivity contribution < 1.29 is 17.9 Å². The summed E-state index contributed by atoms with van der Waals surface area (Å²) in [5.74, 6) is 1.32. The quantitative estimate of drug-likeness (QED) is 0.684. The maximum atomic E-state index is 13.5. The maximum Gasteiger partial charge on any atom is 0.241 e. The third kappa shape index (κ3) is 4.94. The smallest absolute Gasteiger partial charge is 0.241 e. The highest BCUT2D eigenvalue weighted by Gasteiger charge is 2.42. The standard InChI is InChI=1S/C23H30N4O4S/c1-23(10-15-27(16-11-23)32(2,29)30)22(28)26-14-6-7-18(17-26)20-21(25-13-12-24-20)31-19-8-4-3-5-9-19/h3-5,8-9,12-13,18H,6-7,10-11,14-17H2,1-2H3/t18-/m0/s1. The fourth-order valence-electron chi connectivity index (χ4n) is 4.59. The predicted molar refractivity (Wildman–Crippen MR) is 121 cm³/mol. The zero-order valence-electron chi connectivity index (χ0n) is 18.6. The third-order valence-corrected chi connectivity index (χ3v) is 7.86. The maximum absolute atomic E-state index is 13.5. The van der Waals surface area contributed by atoms with Gasteiger partial charge < -0.3 is 9.64 Å². The molecule has 172 valence electrons. The summed E-state index contributed by atoms with van der Waals surface area (Å²) in [6.45, 7) is 4.00. The molecule has 0 aliphatic carbocycles. The van der Waals surface area contributed by atoms with Crippen LogP contribution in [-0.4, -0.2) is 65.9 Å². The zero-order valence-corrected chi connectivity index (χ0v) is 19.4. The summed E-state index contributed by atoms with van der Waals surface area (Å²) in [4.78, 5) is 24.4. The van der Waals surface area contributed by atoms with Gasteiger partial charge in [-0.2, -0.15) is 0 Å². The number of nitrogens with zero attached hydrogens (tertiary/aromatic N) is 4. The molecule has 1 aromatic carbocycles. The zero-order chi connectivity index (χ0) is 22.8. The number of benzene rings is 1. The lowest BCUT2D eigenvalue weighted by Gasteiger charge is -2.42. The highest BCUT2D eigenvalue weighted by Crippen LogP contribution is 2.37. The monoisotopic (exact) mass is 458 g/mol. The van der Waals surface area contributed by atoms with E-state index >= 15 is 0 Å². The van der Waals surface area contributed by atoms with Gasteiger partial charge in [0.05, 0.1) is 6.26 Å². The Morgan fingerprint density at radius 2 is 1.78 bits per heavy atom. The lowest BCUT2D eigenvalue weighted by Crippen LogP contribution is -2.51. The van der Waals surface area contributed by atoms with E-state index in [4.69, 9.17) is 4.74 Å². The van der Waals surface area contributed by atoms with Crippen LogP contribution in [0, 0.1) is 5.41 Å². The van der Waals surface area contributed by atoms with E-state index < -0.39 is 15.4 Å². The van der Waals surface area contributed by atoms with Gasteiger partial charge in [-0.1, -0.05) is 25.1 Å². The molecular weight excluding hydrogens is 428 g/mol. The van der Waals surface area contributed by atoms with Crippen LogP contribution in [0.5, 0.6) is 11.6 Å². The first-order chi connectivity index (χ1) is 15.3. The average molecular weight is 459 g/mol. The summed E-state index contributed by atoms with van der Waals surface area (Å²) >= 11 is 0. The van der Waals surface area contributed by atoms with Crippen LogP contribution in [-0.2, 0) is 14.8 Å². The van der Waals surface area contributed by atoms with Crippen molar-refractivity contribution in [2.24, 2.45) is 5.41 Å². The van der Waals surface area contributed by atoms with Gasteiger partial charge in [0.1, 0.15) is 11.4 Å². The van der Waals surface area contributed by atoms with Gasteiger partial charge in [-0.3, -0.25) is 9.78 Å². The number of likely N-dealkylation sites (tertiary alicyclic amines) is 1. The summed E-state index contributed by atoms with van der Waals surface area (Å²) in [5.41, 5.74) is 0.223. The first-order valence-electron chi connectivity index (χ1n) is 11.0. The second kappa shape index (κ2) is 9.15. The second-order valence-corrected chi connectivity index (χ2v) is 11.0. The Hall–Kier alpha value is -2.52. The summed E-state index contributed by atoms with van der Waals surface area (Å²) in [5, 5.41) is 0. The molecule has 0 bridgehead atoms. The second-order valence-electron chi connectivity index (χ2n) is 8.97. The highest BCUT2D eigenvalue weighted by molar-refractivity contribution is 7.88. The fraction of sp³-hybridized carbons (Fsp3) is 0.522. The Morgan fingerprint density at radius 1 is 1.09 bits per heavy atom. The minimum atomic E-state index is -3.22. The summed E-state index contributed by atoms with van der Waals surface area (Å²) in [6, 6.07) is 9.48. The molecule has 32 heavy (non-hydrogen) atoms. The molecule has 1 amide bonds. The van der Waals surface area contributed by atoms with Gasteiger partial charge in [-0.15, -0.1) is 0 Å². The molecule has 3 heterocycles.